The molecule has 0 saturated carbocycles. The number of nitrogens with zero attached hydrogens (tertiary/aromatic N) is 1. The highest BCUT2D eigenvalue weighted by atomic mass is 16.4. The molecule has 382 valence electrons. The van der Waals surface area contributed by atoms with Gasteiger partial charge in [0.15, 0.2) is 6.04 Å². The summed E-state index contributed by atoms with van der Waals surface area (Å²) in [5, 5.41) is 65.3. The van der Waals surface area contributed by atoms with Crippen LogP contribution < -0.4 is 54.4 Å². The maximum Gasteiger partial charge on any atom is 0.328 e. The molecule has 0 aromatic rings. The van der Waals surface area contributed by atoms with Crippen molar-refractivity contribution >= 4 is 59.2 Å². The van der Waals surface area contributed by atoms with E-state index in [2.05, 4.69) is 37.2 Å². The molecule has 0 aromatic heterocycles. The van der Waals surface area contributed by atoms with Crippen LogP contribution in [-0.2, 0) is 47.9 Å². The number of carboxylic acids is 2. The van der Waals surface area contributed by atoms with Crippen molar-refractivity contribution < 1.29 is 73.5 Å². The number of likely N-dealkylation sites (tertiary alicyclic amines) is 1. The molecule has 1 aliphatic rings. The van der Waals surface area contributed by atoms with Crippen molar-refractivity contribution in [2.45, 2.75) is 165 Å². The molecule has 0 radical (unpaired) electrons. The van der Waals surface area contributed by atoms with E-state index in [9.17, 15) is 73.5 Å². The number of aliphatic hydroxyl groups excluding tert-OH is 3. The number of carbonyl (C=O) groups excluding carboxylic acids is 8. The Bertz CT molecular complexity index is 1700. The molecule has 0 aromatic carbocycles. The van der Waals surface area contributed by atoms with Crippen molar-refractivity contribution in [3.8, 4) is 0 Å². The van der Waals surface area contributed by atoms with Crippen molar-refractivity contribution in [1.29, 1.82) is 0 Å². The average molecular weight is 960 g/mol. The van der Waals surface area contributed by atoms with Crippen LogP contribution in [-0.4, -0.2) is 182 Å². The summed E-state index contributed by atoms with van der Waals surface area (Å²) in [5.41, 5.74) is 17.1. The molecule has 11 atom stereocenters. The first-order valence-electron chi connectivity index (χ1n) is 22.4. The van der Waals surface area contributed by atoms with E-state index < -0.39 is 151 Å². The van der Waals surface area contributed by atoms with Gasteiger partial charge in [0.1, 0.15) is 48.3 Å². The van der Waals surface area contributed by atoms with Crippen LogP contribution in [0.15, 0.2) is 0 Å². The number of hydrogen-bond acceptors (Lipinski definition) is 16. The highest BCUT2D eigenvalue weighted by Gasteiger charge is 2.39. The minimum Gasteiger partial charge on any atom is -0.481 e. The number of carboxylic acid groups (broad SMARTS) is 2. The minimum absolute atomic E-state index is 0.0235. The zero-order chi connectivity index (χ0) is 51.1. The van der Waals surface area contributed by atoms with Gasteiger partial charge in [0.2, 0.25) is 47.3 Å². The summed E-state index contributed by atoms with van der Waals surface area (Å²) in [6, 6.07) is -12.8. The summed E-state index contributed by atoms with van der Waals surface area (Å²) in [4.78, 5) is 132. The normalized spacial score (nSPS) is 18.0. The van der Waals surface area contributed by atoms with Gasteiger partial charge in [-0.1, -0.05) is 13.8 Å². The van der Waals surface area contributed by atoms with Gasteiger partial charge in [-0.3, -0.25) is 43.2 Å². The van der Waals surface area contributed by atoms with Crippen molar-refractivity contribution in [3.05, 3.63) is 0 Å². The first-order chi connectivity index (χ1) is 31.4. The Labute approximate surface area is 389 Å². The van der Waals surface area contributed by atoms with E-state index in [1.165, 1.54) is 18.7 Å². The molecule has 0 unspecified atom stereocenters. The molecule has 1 rings (SSSR count). The molecular formula is C41H73N11O15. The van der Waals surface area contributed by atoms with E-state index in [0.717, 1.165) is 6.92 Å². The fraction of sp³-hybridized carbons (Fsp3) is 0.756. The van der Waals surface area contributed by atoms with E-state index in [0.29, 0.717) is 25.7 Å². The monoisotopic (exact) mass is 960 g/mol. The van der Waals surface area contributed by atoms with Crippen molar-refractivity contribution in [2.75, 3.05) is 26.2 Å². The molecule has 8 amide bonds. The smallest absolute Gasteiger partial charge is 0.328 e. The van der Waals surface area contributed by atoms with Gasteiger partial charge in [-0.2, -0.15) is 0 Å². The molecule has 1 fully saturated rings. The van der Waals surface area contributed by atoms with E-state index in [1.54, 1.807) is 13.8 Å². The predicted octanol–water partition coefficient (Wildman–Crippen LogP) is -5.66. The zero-order valence-electron chi connectivity index (χ0n) is 38.8. The number of carbonyl (C=O) groups is 10. The summed E-state index contributed by atoms with van der Waals surface area (Å²) in [5.74, 6) is -10.6. The van der Waals surface area contributed by atoms with E-state index in [-0.39, 0.29) is 45.3 Å². The SMILES string of the molecule is CC(C)[C@H](NC(=O)[C@H](C)NC(=O)[C@H](CO)NC(=O)[C@H](CCCCN)NC(=O)[C@H](CCC(=O)O)NC(=O)[C@H](CCCCN)NC(=O)[C@@H]1CCCN1C(=O)[C@@H](N)[C@@H](C)O)C(=O)N[C@H](C(=O)O)[C@@H](C)O. The van der Waals surface area contributed by atoms with Crippen LogP contribution in [0.25, 0.3) is 0 Å². The number of amides is 8. The number of aliphatic carboxylic acids is 2. The van der Waals surface area contributed by atoms with Gasteiger partial charge in [-0.05, 0) is 97.6 Å². The number of nitrogens with one attached hydrogen (secondary N) is 7. The second-order valence-electron chi connectivity index (χ2n) is 16.9. The summed E-state index contributed by atoms with van der Waals surface area (Å²) in [6.07, 6.45) is -1.77. The number of unbranched alkanes of at least 4 members (excludes halogenated alkanes) is 2. The van der Waals surface area contributed by atoms with E-state index in [4.69, 9.17) is 17.2 Å². The Morgan fingerprint density at radius 1 is 0.597 bits per heavy atom. The first-order valence-corrected chi connectivity index (χ1v) is 22.4. The van der Waals surface area contributed by atoms with Gasteiger partial charge in [-0.15, -0.1) is 0 Å². The summed E-state index contributed by atoms with van der Waals surface area (Å²) >= 11 is 0. The Morgan fingerprint density at radius 3 is 1.52 bits per heavy atom. The van der Waals surface area contributed by atoms with Crippen molar-refractivity contribution in [1.82, 2.24) is 42.1 Å². The van der Waals surface area contributed by atoms with Gasteiger partial charge in [0.05, 0.1) is 18.8 Å². The molecule has 67 heavy (non-hydrogen) atoms. The maximum absolute atomic E-state index is 13.9. The molecule has 0 aliphatic carbocycles. The van der Waals surface area contributed by atoms with Gasteiger partial charge in [0.25, 0.3) is 0 Å². The van der Waals surface area contributed by atoms with Crippen LogP contribution in [0.2, 0.25) is 0 Å². The maximum atomic E-state index is 13.9. The van der Waals surface area contributed by atoms with Crippen LogP contribution in [0.1, 0.15) is 98.8 Å². The van der Waals surface area contributed by atoms with Gasteiger partial charge in [-0.25, -0.2) is 4.79 Å². The lowest BCUT2D eigenvalue weighted by atomic mass is 10.0. The van der Waals surface area contributed by atoms with Crippen molar-refractivity contribution in [2.24, 2.45) is 23.1 Å². The molecule has 26 nitrogen and oxygen atoms in total. The Hall–Kier alpha value is -5.54. The highest BCUT2D eigenvalue weighted by Crippen LogP contribution is 2.20. The number of aliphatic hydroxyl groups is 3. The fourth-order valence-corrected chi connectivity index (χ4v) is 6.86. The zero-order valence-corrected chi connectivity index (χ0v) is 38.8. The summed E-state index contributed by atoms with van der Waals surface area (Å²) < 4.78 is 0. The molecule has 0 spiro atoms. The molecule has 1 heterocycles. The summed E-state index contributed by atoms with van der Waals surface area (Å²) in [7, 11) is 0. The van der Waals surface area contributed by atoms with Crippen LogP contribution >= 0.6 is 0 Å². The minimum atomic E-state index is -1.71. The quantitative estimate of drug-likeness (QED) is 0.0288. The highest BCUT2D eigenvalue weighted by molar-refractivity contribution is 5.98. The van der Waals surface area contributed by atoms with E-state index >= 15 is 0 Å². The molecule has 1 saturated heterocycles. The van der Waals surface area contributed by atoms with Crippen LogP contribution in [0.3, 0.4) is 0 Å². The van der Waals surface area contributed by atoms with Gasteiger partial charge >= 0.3 is 11.9 Å². The first kappa shape index (κ1) is 59.5. The largest absolute Gasteiger partial charge is 0.481 e. The third-order valence-corrected chi connectivity index (χ3v) is 10.9. The van der Waals surface area contributed by atoms with Crippen LogP contribution in [0.4, 0.5) is 0 Å². The fourth-order valence-electron chi connectivity index (χ4n) is 6.86. The Kier molecular flexibility index (Phi) is 26.6. The number of hydrogen-bond donors (Lipinski definition) is 15. The third kappa shape index (κ3) is 20.1. The van der Waals surface area contributed by atoms with Gasteiger partial charge in [0, 0.05) is 13.0 Å². The predicted molar refractivity (Wildman–Crippen MR) is 238 cm³/mol. The Morgan fingerprint density at radius 2 is 1.07 bits per heavy atom. The molecule has 26 heteroatoms. The van der Waals surface area contributed by atoms with Crippen LogP contribution in [0, 0.1) is 5.92 Å². The second-order valence-corrected chi connectivity index (χ2v) is 16.9. The lowest BCUT2D eigenvalue weighted by molar-refractivity contribution is -0.145. The number of nitrogens with two attached hydrogens (primary N) is 3. The second kappa shape index (κ2) is 30.0. The third-order valence-electron chi connectivity index (χ3n) is 10.9. The average Bonchev–Trinajstić information content (AvgIpc) is 3.76. The van der Waals surface area contributed by atoms with Crippen molar-refractivity contribution in [3.63, 3.8) is 0 Å². The standard InChI is InChI=1S/C41H73N11O15/c1-20(2)31(39(64)51-32(23(5)55)41(66)67)50-33(58)21(3)45-37(62)27(19-53)49-35(60)24(11-6-8-16-42)46-36(61)26(14-15-29(56)57)47-34(59)25(12-7-9-17-43)48-38(63)28-13-10-18-52(28)40(65)30(44)22(4)54/h20-28,30-32,53-55H,6-19,42-44H2,1-5H3,(H,45,62)(H,46,61)(H,47,59)(H,48,63)(H,49,60)(H,50,58)(H,51,64)(H,56,57)(H,66,67)/t21-,22+,23+,24-,25-,26-,27-,28-,30-,31-,32-/m0/s1. The lowest BCUT2D eigenvalue weighted by Gasteiger charge is -2.29. The molecule has 0 bridgehead atoms. The number of rotatable bonds is 31. The van der Waals surface area contributed by atoms with E-state index in [1.807, 2.05) is 0 Å². The lowest BCUT2D eigenvalue weighted by Crippen LogP contribution is -2.61. The Balaban J connectivity index is 3.27. The molecule has 18 N–H and O–H groups in total. The van der Waals surface area contributed by atoms with Crippen LogP contribution in [0.5, 0.6) is 0 Å². The van der Waals surface area contributed by atoms with Gasteiger partial charge < -0.3 is 84.9 Å². The topological polar surface area (TPSA) is 437 Å². The molecule has 1 aliphatic heterocycles. The summed E-state index contributed by atoms with van der Waals surface area (Å²) in [6.45, 7) is 6.41. The molecular weight excluding hydrogens is 887 g/mol.